The fourth-order valence-corrected chi connectivity index (χ4v) is 2.82. The number of hydrogen-bond donors (Lipinski definition) is 1. The van der Waals surface area contributed by atoms with Crippen molar-refractivity contribution in [3.8, 4) is 0 Å². The van der Waals surface area contributed by atoms with E-state index in [1.165, 1.54) is 7.11 Å². The Hall–Kier alpha value is -1.75. The molecule has 0 bridgehead atoms. The number of benzene rings is 1. The van der Waals surface area contributed by atoms with Gasteiger partial charge in [0.05, 0.1) is 13.0 Å². The summed E-state index contributed by atoms with van der Waals surface area (Å²) < 4.78 is 4.88. The van der Waals surface area contributed by atoms with E-state index in [0.29, 0.717) is 18.8 Å². The van der Waals surface area contributed by atoms with Gasteiger partial charge in [-0.2, -0.15) is 0 Å². The largest absolute Gasteiger partial charge is 0.469 e. The monoisotopic (exact) mass is 310 g/mol. The van der Waals surface area contributed by atoms with Crippen molar-refractivity contribution >= 4 is 29.3 Å². The standard InChI is InChI=1S/C15H19ClN2O3/c1-10-9-12(14(19)21-2)11-5-3-4-6-13(11)18(10)15(20)17-8-7-16/h3-6,10,12H,7-9H2,1-2H3,(H,17,20). The molecule has 1 aliphatic rings. The highest BCUT2D eigenvalue weighted by Gasteiger charge is 2.37. The molecule has 1 aliphatic heterocycles. The first-order valence-corrected chi connectivity index (χ1v) is 7.43. The van der Waals surface area contributed by atoms with Gasteiger partial charge in [-0.1, -0.05) is 18.2 Å². The van der Waals surface area contributed by atoms with Crippen LogP contribution in [0.4, 0.5) is 10.5 Å². The lowest BCUT2D eigenvalue weighted by Gasteiger charge is -2.38. The number of nitrogens with zero attached hydrogens (tertiary/aromatic N) is 1. The molecule has 0 aromatic heterocycles. The van der Waals surface area contributed by atoms with E-state index >= 15 is 0 Å². The Kier molecular flexibility index (Phi) is 5.07. The van der Waals surface area contributed by atoms with Crippen molar-refractivity contribution in [2.45, 2.75) is 25.3 Å². The normalized spacial score (nSPS) is 20.6. The highest BCUT2D eigenvalue weighted by Crippen LogP contribution is 2.38. The molecule has 0 saturated carbocycles. The zero-order chi connectivity index (χ0) is 15.4. The van der Waals surface area contributed by atoms with Gasteiger partial charge < -0.3 is 10.1 Å². The summed E-state index contributed by atoms with van der Waals surface area (Å²) in [6.45, 7) is 2.33. The Morgan fingerprint density at radius 3 is 2.81 bits per heavy atom. The average Bonchev–Trinajstić information content (AvgIpc) is 2.51. The summed E-state index contributed by atoms with van der Waals surface area (Å²) in [7, 11) is 1.38. The number of carbonyl (C=O) groups excluding carboxylic acids is 2. The molecule has 114 valence electrons. The van der Waals surface area contributed by atoms with Gasteiger partial charge in [0.1, 0.15) is 0 Å². The molecule has 0 spiro atoms. The third-order valence-corrected chi connectivity index (χ3v) is 3.85. The number of nitrogens with one attached hydrogen (secondary N) is 1. The molecule has 5 nitrogen and oxygen atoms in total. The number of para-hydroxylation sites is 1. The number of amides is 2. The molecule has 0 aliphatic carbocycles. The van der Waals surface area contributed by atoms with Crippen molar-refractivity contribution in [3.05, 3.63) is 29.8 Å². The fraction of sp³-hybridized carbons (Fsp3) is 0.467. The van der Waals surface area contributed by atoms with E-state index in [4.69, 9.17) is 16.3 Å². The predicted molar refractivity (Wildman–Crippen MR) is 81.9 cm³/mol. The summed E-state index contributed by atoms with van der Waals surface area (Å²) in [5.41, 5.74) is 1.57. The number of anilines is 1. The van der Waals surface area contributed by atoms with Gasteiger partial charge in [0.25, 0.3) is 0 Å². The van der Waals surface area contributed by atoms with E-state index in [-0.39, 0.29) is 24.0 Å². The highest BCUT2D eigenvalue weighted by molar-refractivity contribution is 6.18. The third-order valence-electron chi connectivity index (χ3n) is 3.66. The molecule has 1 aromatic rings. The molecular weight excluding hydrogens is 292 g/mol. The Labute approximate surface area is 129 Å². The number of hydrogen-bond acceptors (Lipinski definition) is 3. The number of fused-ring (bicyclic) bond motifs is 1. The molecule has 2 atom stereocenters. The van der Waals surface area contributed by atoms with Crippen LogP contribution in [0.1, 0.15) is 24.8 Å². The number of alkyl halides is 1. The molecular formula is C15H19ClN2O3. The molecule has 1 aromatic carbocycles. The average molecular weight is 311 g/mol. The van der Waals surface area contributed by atoms with Crippen LogP contribution in [0, 0.1) is 0 Å². The SMILES string of the molecule is COC(=O)C1CC(C)N(C(=O)NCCCl)c2ccccc21. The van der Waals surface area contributed by atoms with Crippen LogP contribution < -0.4 is 10.2 Å². The molecule has 0 saturated heterocycles. The summed E-state index contributed by atoms with van der Waals surface area (Å²) in [4.78, 5) is 26.0. The molecule has 2 amide bonds. The zero-order valence-corrected chi connectivity index (χ0v) is 12.9. The van der Waals surface area contributed by atoms with Gasteiger partial charge in [-0.05, 0) is 25.0 Å². The van der Waals surface area contributed by atoms with E-state index in [9.17, 15) is 9.59 Å². The van der Waals surface area contributed by atoms with E-state index in [1.54, 1.807) is 4.90 Å². The lowest BCUT2D eigenvalue weighted by molar-refractivity contribution is -0.142. The van der Waals surface area contributed by atoms with Gasteiger partial charge in [-0.25, -0.2) is 4.79 Å². The third kappa shape index (κ3) is 3.13. The molecule has 2 rings (SSSR count). The minimum atomic E-state index is -0.335. The highest BCUT2D eigenvalue weighted by atomic mass is 35.5. The van der Waals surface area contributed by atoms with Crippen LogP contribution in [0.2, 0.25) is 0 Å². The molecule has 1 heterocycles. The lowest BCUT2D eigenvalue weighted by atomic mass is 9.86. The van der Waals surface area contributed by atoms with E-state index in [2.05, 4.69) is 5.32 Å². The number of urea groups is 1. The van der Waals surface area contributed by atoms with E-state index in [1.807, 2.05) is 31.2 Å². The number of rotatable bonds is 3. The van der Waals surface area contributed by atoms with E-state index < -0.39 is 0 Å². The van der Waals surface area contributed by atoms with Gasteiger partial charge in [-0.15, -0.1) is 11.6 Å². The van der Waals surface area contributed by atoms with Crippen molar-refractivity contribution in [1.82, 2.24) is 5.32 Å². The van der Waals surface area contributed by atoms with Crippen LogP contribution in [0.25, 0.3) is 0 Å². The van der Waals surface area contributed by atoms with Crippen LogP contribution in [-0.2, 0) is 9.53 Å². The summed E-state index contributed by atoms with van der Waals surface area (Å²) in [6, 6.07) is 7.14. The minimum Gasteiger partial charge on any atom is -0.469 e. The van der Waals surface area contributed by atoms with Gasteiger partial charge in [0.2, 0.25) is 0 Å². The van der Waals surface area contributed by atoms with Crippen LogP contribution in [0.15, 0.2) is 24.3 Å². The molecule has 21 heavy (non-hydrogen) atoms. The summed E-state index contributed by atoms with van der Waals surface area (Å²) in [5, 5.41) is 2.77. The topological polar surface area (TPSA) is 58.6 Å². The zero-order valence-electron chi connectivity index (χ0n) is 12.1. The number of ether oxygens (including phenoxy) is 1. The lowest BCUT2D eigenvalue weighted by Crippen LogP contribution is -2.49. The Bertz CT molecular complexity index is 535. The second kappa shape index (κ2) is 6.80. The Balaban J connectivity index is 2.36. The van der Waals surface area contributed by atoms with Gasteiger partial charge >= 0.3 is 12.0 Å². The summed E-state index contributed by atoms with van der Waals surface area (Å²) in [5.74, 6) is -0.242. The second-order valence-electron chi connectivity index (χ2n) is 5.01. The van der Waals surface area contributed by atoms with Crippen LogP contribution in [-0.4, -0.2) is 37.6 Å². The minimum absolute atomic E-state index is 0.0978. The van der Waals surface area contributed by atoms with Gasteiger partial charge in [-0.3, -0.25) is 9.69 Å². The number of esters is 1. The fourth-order valence-electron chi connectivity index (χ4n) is 2.73. The molecule has 0 fully saturated rings. The molecule has 2 unspecified atom stereocenters. The maximum absolute atomic E-state index is 12.3. The maximum atomic E-state index is 12.3. The van der Waals surface area contributed by atoms with Crippen LogP contribution >= 0.6 is 11.6 Å². The number of carbonyl (C=O) groups is 2. The van der Waals surface area contributed by atoms with Crippen molar-refractivity contribution in [1.29, 1.82) is 0 Å². The second-order valence-corrected chi connectivity index (χ2v) is 5.39. The van der Waals surface area contributed by atoms with Crippen molar-refractivity contribution in [2.75, 3.05) is 24.4 Å². The summed E-state index contributed by atoms with van der Waals surface area (Å²) >= 11 is 5.61. The predicted octanol–water partition coefficient (Wildman–Crippen LogP) is 2.49. The first-order chi connectivity index (χ1) is 10.1. The number of halogens is 1. The first kappa shape index (κ1) is 15.6. The van der Waals surface area contributed by atoms with Crippen molar-refractivity contribution in [3.63, 3.8) is 0 Å². The molecule has 6 heteroatoms. The van der Waals surface area contributed by atoms with Gasteiger partial charge in [0.15, 0.2) is 0 Å². The smallest absolute Gasteiger partial charge is 0.322 e. The van der Waals surface area contributed by atoms with E-state index in [0.717, 1.165) is 11.3 Å². The van der Waals surface area contributed by atoms with Crippen LogP contribution in [0.3, 0.4) is 0 Å². The van der Waals surface area contributed by atoms with Crippen molar-refractivity contribution < 1.29 is 14.3 Å². The van der Waals surface area contributed by atoms with Crippen molar-refractivity contribution in [2.24, 2.45) is 0 Å². The van der Waals surface area contributed by atoms with Gasteiger partial charge in [0, 0.05) is 24.2 Å². The molecule has 1 N–H and O–H groups in total. The number of methoxy groups -OCH3 is 1. The quantitative estimate of drug-likeness (QED) is 0.689. The first-order valence-electron chi connectivity index (χ1n) is 6.90. The Morgan fingerprint density at radius 1 is 1.43 bits per heavy atom. The molecule has 0 radical (unpaired) electrons. The maximum Gasteiger partial charge on any atom is 0.322 e. The Morgan fingerprint density at radius 2 is 2.14 bits per heavy atom. The van der Waals surface area contributed by atoms with Crippen LogP contribution in [0.5, 0.6) is 0 Å². The summed E-state index contributed by atoms with van der Waals surface area (Å²) in [6.07, 6.45) is 0.540.